The van der Waals surface area contributed by atoms with E-state index in [1.807, 2.05) is 0 Å². The number of hydrogen-bond donors (Lipinski definition) is 0. The second-order valence-electron chi connectivity index (χ2n) is 6.85. The summed E-state index contributed by atoms with van der Waals surface area (Å²) in [6.07, 6.45) is 2.34. The Kier molecular flexibility index (Phi) is 2.14. The lowest BCUT2D eigenvalue weighted by molar-refractivity contribution is -0.231. The van der Waals surface area contributed by atoms with Crippen LogP contribution in [0.4, 0.5) is 0 Å². The van der Waals surface area contributed by atoms with Crippen molar-refractivity contribution in [3.8, 4) is 0 Å². The molecule has 0 radical (unpaired) electrons. The molecule has 0 aromatic carbocycles. The van der Waals surface area contributed by atoms with Crippen LogP contribution in [-0.4, -0.2) is 47.4 Å². The van der Waals surface area contributed by atoms with E-state index in [-0.39, 0.29) is 16.5 Å². The number of carbonyl (C=O) groups is 1. The van der Waals surface area contributed by atoms with Gasteiger partial charge in [0, 0.05) is 26.2 Å². The lowest BCUT2D eigenvalue weighted by Crippen LogP contribution is -2.82. The number of nitrogens with zero attached hydrogens (tertiary/aromatic N) is 2. The van der Waals surface area contributed by atoms with E-state index in [1.165, 1.54) is 12.8 Å². The first-order valence-electron chi connectivity index (χ1n) is 6.95. The monoisotopic (exact) mass is 236 g/mol. The fraction of sp³-hybridized carbons (Fsp3) is 0.929. The van der Waals surface area contributed by atoms with Gasteiger partial charge in [-0.15, -0.1) is 0 Å². The molecule has 0 aliphatic carbocycles. The maximum Gasteiger partial charge on any atom is 0.149 e. The van der Waals surface area contributed by atoms with E-state index >= 15 is 0 Å². The molecular weight excluding hydrogens is 212 g/mol. The largest absolute Gasteiger partial charge is 0.298 e. The van der Waals surface area contributed by atoms with Gasteiger partial charge in [0.05, 0.1) is 16.5 Å². The van der Waals surface area contributed by atoms with Crippen molar-refractivity contribution in [3.63, 3.8) is 0 Å². The van der Waals surface area contributed by atoms with Gasteiger partial charge in [-0.1, -0.05) is 27.7 Å². The highest BCUT2D eigenvalue weighted by atomic mass is 16.1. The highest BCUT2D eigenvalue weighted by molar-refractivity contribution is 5.92. The number of carbonyl (C=O) groups excluding carboxylic acids is 1. The maximum atomic E-state index is 12.6. The van der Waals surface area contributed by atoms with Gasteiger partial charge in [0.2, 0.25) is 0 Å². The molecule has 4 bridgehead atoms. The standard InChI is InChI=1S/C14H24N2O/c1-5-14(6-2)15-7-12(3)8-16(14)10-13(4,9-15)11(12)17/h5-10H2,1-4H3. The molecule has 4 saturated heterocycles. The summed E-state index contributed by atoms with van der Waals surface area (Å²) in [6, 6.07) is 0. The van der Waals surface area contributed by atoms with Crippen LogP contribution in [0.1, 0.15) is 40.5 Å². The minimum atomic E-state index is -0.112. The van der Waals surface area contributed by atoms with E-state index in [2.05, 4.69) is 37.5 Å². The Morgan fingerprint density at radius 1 is 0.941 bits per heavy atom. The van der Waals surface area contributed by atoms with Crippen LogP contribution in [0, 0.1) is 10.8 Å². The summed E-state index contributed by atoms with van der Waals surface area (Å²) >= 11 is 0. The average molecular weight is 236 g/mol. The molecule has 96 valence electrons. The molecule has 4 heterocycles. The molecule has 0 saturated carbocycles. The van der Waals surface area contributed by atoms with Crippen LogP contribution in [0.5, 0.6) is 0 Å². The van der Waals surface area contributed by atoms with Gasteiger partial charge in [0.1, 0.15) is 5.78 Å². The van der Waals surface area contributed by atoms with E-state index in [0.29, 0.717) is 5.78 Å². The summed E-state index contributed by atoms with van der Waals surface area (Å²) in [6.45, 7) is 12.8. The average Bonchev–Trinajstić information content (AvgIpc) is 2.25. The fourth-order valence-electron chi connectivity index (χ4n) is 4.85. The first-order valence-corrected chi connectivity index (χ1v) is 6.95. The van der Waals surface area contributed by atoms with E-state index < -0.39 is 0 Å². The van der Waals surface area contributed by atoms with Crippen molar-refractivity contribution < 1.29 is 4.79 Å². The van der Waals surface area contributed by atoms with E-state index in [0.717, 1.165) is 26.2 Å². The molecule has 17 heavy (non-hydrogen) atoms. The SMILES string of the molecule is CCC1(CC)N2CC3(C)CN1CC(C)(C2)C3=O. The molecule has 4 aliphatic heterocycles. The van der Waals surface area contributed by atoms with E-state index in [4.69, 9.17) is 0 Å². The third-order valence-electron chi connectivity index (χ3n) is 5.57. The number of hydrogen-bond acceptors (Lipinski definition) is 3. The maximum absolute atomic E-state index is 12.6. The highest BCUT2D eigenvalue weighted by Crippen LogP contribution is 2.53. The summed E-state index contributed by atoms with van der Waals surface area (Å²) in [4.78, 5) is 17.7. The number of piperidine rings is 2. The summed E-state index contributed by atoms with van der Waals surface area (Å²) < 4.78 is 0. The molecule has 0 amide bonds. The Labute approximate surface area is 104 Å². The Morgan fingerprint density at radius 2 is 1.29 bits per heavy atom. The van der Waals surface area contributed by atoms with Gasteiger partial charge in [0.15, 0.2) is 0 Å². The van der Waals surface area contributed by atoms with Crippen LogP contribution in [0.2, 0.25) is 0 Å². The first-order chi connectivity index (χ1) is 7.90. The summed E-state index contributed by atoms with van der Waals surface area (Å²) in [5, 5.41) is 0. The van der Waals surface area contributed by atoms with Crippen molar-refractivity contribution >= 4 is 5.78 Å². The Morgan fingerprint density at radius 3 is 1.59 bits per heavy atom. The van der Waals surface area contributed by atoms with Crippen LogP contribution < -0.4 is 0 Å². The molecule has 0 aromatic heterocycles. The quantitative estimate of drug-likeness (QED) is 0.729. The number of Topliss-reactive ketones (excluding diaryl/α,β-unsaturated/α-hetero) is 1. The molecule has 0 spiro atoms. The molecule has 3 heteroatoms. The van der Waals surface area contributed by atoms with Crippen LogP contribution in [0.3, 0.4) is 0 Å². The summed E-state index contributed by atoms with van der Waals surface area (Å²) in [5.41, 5.74) is 0.0118. The van der Waals surface area contributed by atoms with Crippen LogP contribution >= 0.6 is 0 Å². The molecule has 0 aromatic rings. The van der Waals surface area contributed by atoms with Crippen molar-refractivity contribution in [1.82, 2.24) is 9.80 Å². The number of rotatable bonds is 2. The van der Waals surface area contributed by atoms with Crippen LogP contribution in [0.15, 0.2) is 0 Å². The molecule has 0 atom stereocenters. The molecule has 4 rings (SSSR count). The zero-order valence-electron chi connectivity index (χ0n) is 11.5. The minimum absolute atomic E-state index is 0.112. The topological polar surface area (TPSA) is 23.6 Å². The second kappa shape index (κ2) is 3.12. The van der Waals surface area contributed by atoms with Crippen molar-refractivity contribution in [2.75, 3.05) is 26.2 Å². The zero-order valence-corrected chi connectivity index (χ0v) is 11.5. The molecule has 3 nitrogen and oxygen atoms in total. The molecule has 4 fully saturated rings. The third kappa shape index (κ3) is 1.17. The molecule has 0 N–H and O–H groups in total. The molecular formula is C14H24N2O. The lowest BCUT2D eigenvalue weighted by atomic mass is 9.60. The smallest absolute Gasteiger partial charge is 0.149 e. The van der Waals surface area contributed by atoms with Gasteiger partial charge >= 0.3 is 0 Å². The van der Waals surface area contributed by atoms with Gasteiger partial charge in [-0.2, -0.15) is 0 Å². The third-order valence-corrected chi connectivity index (χ3v) is 5.57. The highest BCUT2D eigenvalue weighted by Gasteiger charge is 2.65. The number of ketones is 1. The predicted molar refractivity (Wildman–Crippen MR) is 67.7 cm³/mol. The van der Waals surface area contributed by atoms with Crippen molar-refractivity contribution in [3.05, 3.63) is 0 Å². The Balaban J connectivity index is 2.06. The Bertz CT molecular complexity index is 330. The van der Waals surface area contributed by atoms with E-state index in [1.54, 1.807) is 0 Å². The van der Waals surface area contributed by atoms with Gasteiger partial charge in [-0.3, -0.25) is 14.6 Å². The van der Waals surface area contributed by atoms with Crippen molar-refractivity contribution in [1.29, 1.82) is 0 Å². The zero-order chi connectivity index (χ0) is 12.5. The van der Waals surface area contributed by atoms with Gasteiger partial charge in [-0.05, 0) is 12.8 Å². The van der Waals surface area contributed by atoms with Gasteiger partial charge in [-0.25, -0.2) is 0 Å². The Hall–Kier alpha value is -0.410. The first kappa shape index (κ1) is 11.7. The second-order valence-corrected chi connectivity index (χ2v) is 6.85. The normalized spacial score (nSPS) is 50.9. The van der Waals surface area contributed by atoms with Gasteiger partial charge < -0.3 is 0 Å². The van der Waals surface area contributed by atoms with Crippen molar-refractivity contribution in [2.24, 2.45) is 10.8 Å². The summed E-state index contributed by atoms with van der Waals surface area (Å²) in [5.74, 6) is 0.512. The summed E-state index contributed by atoms with van der Waals surface area (Å²) in [7, 11) is 0. The fourth-order valence-corrected chi connectivity index (χ4v) is 4.85. The van der Waals surface area contributed by atoms with Crippen molar-refractivity contribution in [2.45, 2.75) is 46.2 Å². The predicted octanol–water partition coefficient (Wildman–Crippen LogP) is 1.73. The minimum Gasteiger partial charge on any atom is -0.298 e. The van der Waals surface area contributed by atoms with E-state index in [9.17, 15) is 4.79 Å². The van der Waals surface area contributed by atoms with Crippen LogP contribution in [-0.2, 0) is 4.79 Å². The van der Waals surface area contributed by atoms with Crippen LogP contribution in [0.25, 0.3) is 0 Å². The molecule has 0 unspecified atom stereocenters. The lowest BCUT2D eigenvalue weighted by Gasteiger charge is -2.70. The van der Waals surface area contributed by atoms with Gasteiger partial charge in [0.25, 0.3) is 0 Å². The molecule has 4 aliphatic rings.